The first-order valence-electron chi connectivity index (χ1n) is 6.65. The molecule has 1 rings (SSSR count). The van der Waals surface area contributed by atoms with Crippen molar-refractivity contribution in [2.45, 2.75) is 59.5 Å². The molecule has 0 N–H and O–H groups in total. The topological polar surface area (TPSA) is 26.3 Å². The lowest BCUT2D eigenvalue weighted by molar-refractivity contribution is -0.126. The Hall–Kier alpha value is -0.370. The van der Waals surface area contributed by atoms with Crippen LogP contribution in [0.5, 0.6) is 0 Å². The Bertz CT molecular complexity index is 221. The van der Waals surface area contributed by atoms with E-state index in [2.05, 4.69) is 13.8 Å². The highest BCUT2D eigenvalue weighted by Crippen LogP contribution is 2.33. The van der Waals surface area contributed by atoms with Crippen molar-refractivity contribution in [3.8, 4) is 0 Å². The van der Waals surface area contributed by atoms with E-state index in [1.165, 1.54) is 0 Å². The van der Waals surface area contributed by atoms with Crippen molar-refractivity contribution < 1.29 is 9.53 Å². The predicted molar refractivity (Wildman–Crippen MR) is 66.4 cm³/mol. The van der Waals surface area contributed by atoms with Crippen LogP contribution in [-0.4, -0.2) is 18.5 Å². The van der Waals surface area contributed by atoms with Gasteiger partial charge in [-0.15, -0.1) is 0 Å². The zero-order chi connectivity index (χ0) is 12.1. The zero-order valence-electron chi connectivity index (χ0n) is 11.2. The summed E-state index contributed by atoms with van der Waals surface area (Å²) < 4.78 is 5.54. The third-order valence-electron chi connectivity index (χ3n) is 3.66. The fourth-order valence-electron chi connectivity index (χ4n) is 2.48. The Kier molecular flexibility index (Phi) is 5.47. The largest absolute Gasteiger partial charge is 0.379 e. The maximum Gasteiger partial charge on any atom is 0.136 e. The van der Waals surface area contributed by atoms with Gasteiger partial charge in [0.25, 0.3) is 0 Å². The molecule has 1 aliphatic rings. The quantitative estimate of drug-likeness (QED) is 0.717. The van der Waals surface area contributed by atoms with Gasteiger partial charge in [-0.2, -0.15) is 0 Å². The van der Waals surface area contributed by atoms with E-state index in [9.17, 15) is 4.79 Å². The maximum absolute atomic E-state index is 11.8. The van der Waals surface area contributed by atoms with Crippen molar-refractivity contribution in [1.82, 2.24) is 0 Å². The molecular weight excluding hydrogens is 200 g/mol. The van der Waals surface area contributed by atoms with Crippen molar-refractivity contribution in [3.05, 3.63) is 0 Å². The molecule has 0 bridgehead atoms. The van der Waals surface area contributed by atoms with E-state index in [1.807, 2.05) is 13.8 Å². The van der Waals surface area contributed by atoms with E-state index >= 15 is 0 Å². The first kappa shape index (κ1) is 13.7. The van der Waals surface area contributed by atoms with Crippen LogP contribution in [0.2, 0.25) is 0 Å². The lowest BCUT2D eigenvalue weighted by atomic mass is 9.74. The second-order valence-electron chi connectivity index (χ2n) is 5.65. The van der Waals surface area contributed by atoms with Gasteiger partial charge in [0, 0.05) is 18.9 Å². The third kappa shape index (κ3) is 4.25. The van der Waals surface area contributed by atoms with Crippen LogP contribution in [0.25, 0.3) is 0 Å². The molecule has 1 fully saturated rings. The van der Waals surface area contributed by atoms with Crippen molar-refractivity contribution in [1.29, 1.82) is 0 Å². The molecule has 2 heteroatoms. The minimum atomic E-state index is 0.264. The van der Waals surface area contributed by atoms with E-state index in [-0.39, 0.29) is 12.0 Å². The van der Waals surface area contributed by atoms with Gasteiger partial charge >= 0.3 is 0 Å². The highest BCUT2D eigenvalue weighted by Gasteiger charge is 2.29. The fraction of sp³-hybridized carbons (Fsp3) is 0.929. The number of rotatable bonds is 5. The summed E-state index contributed by atoms with van der Waals surface area (Å²) in [6.07, 6.45) is 4.16. The van der Waals surface area contributed by atoms with Crippen molar-refractivity contribution in [3.63, 3.8) is 0 Å². The molecule has 1 saturated carbocycles. The molecule has 0 aliphatic heterocycles. The van der Waals surface area contributed by atoms with E-state index in [0.29, 0.717) is 11.7 Å². The lowest BCUT2D eigenvalue weighted by Gasteiger charge is -2.30. The number of hydrogen-bond donors (Lipinski definition) is 0. The van der Waals surface area contributed by atoms with Gasteiger partial charge in [-0.25, -0.2) is 0 Å². The molecule has 0 aromatic rings. The smallest absolute Gasteiger partial charge is 0.136 e. The molecule has 0 heterocycles. The molecule has 0 aromatic carbocycles. The van der Waals surface area contributed by atoms with Crippen LogP contribution in [0.3, 0.4) is 0 Å². The predicted octanol–water partition coefficient (Wildman–Crippen LogP) is 3.44. The lowest BCUT2D eigenvalue weighted by Crippen LogP contribution is -2.28. The van der Waals surface area contributed by atoms with Crippen LogP contribution in [0, 0.1) is 17.8 Å². The molecule has 2 unspecified atom stereocenters. The summed E-state index contributed by atoms with van der Waals surface area (Å²) in [6, 6.07) is 0. The fourth-order valence-corrected chi connectivity index (χ4v) is 2.48. The summed E-state index contributed by atoms with van der Waals surface area (Å²) in [5.74, 6) is 2.17. The number of carbonyl (C=O) groups is 1. The Morgan fingerprint density at radius 1 is 1.31 bits per heavy atom. The number of Topliss-reactive ketones (excluding diaryl/α,β-unsaturated/α-hetero) is 1. The molecule has 2 nitrogen and oxygen atoms in total. The molecule has 1 aliphatic carbocycles. The Morgan fingerprint density at radius 2 is 2.00 bits per heavy atom. The Morgan fingerprint density at radius 3 is 2.56 bits per heavy atom. The second-order valence-corrected chi connectivity index (χ2v) is 5.65. The monoisotopic (exact) mass is 226 g/mol. The number of hydrogen-bond acceptors (Lipinski definition) is 2. The highest BCUT2D eigenvalue weighted by atomic mass is 16.5. The van der Waals surface area contributed by atoms with Gasteiger partial charge in [0.1, 0.15) is 5.78 Å². The summed E-state index contributed by atoms with van der Waals surface area (Å²) in [6.45, 7) is 9.35. The van der Waals surface area contributed by atoms with Crippen LogP contribution in [0.1, 0.15) is 53.4 Å². The number of ketones is 1. The van der Waals surface area contributed by atoms with E-state index in [4.69, 9.17) is 4.74 Å². The standard InChI is InChI=1S/C14H26O2/c1-10(2)12-5-6-14(15)13(9-12)7-8-16-11(3)4/h10-13H,5-9H2,1-4H3. The van der Waals surface area contributed by atoms with Gasteiger partial charge in [-0.3, -0.25) is 4.79 Å². The SMILES string of the molecule is CC(C)OCCC1CC(C(C)C)CCC1=O. The van der Waals surface area contributed by atoms with Gasteiger partial charge < -0.3 is 4.74 Å². The molecule has 0 amide bonds. The van der Waals surface area contributed by atoms with Crippen LogP contribution >= 0.6 is 0 Å². The van der Waals surface area contributed by atoms with E-state index in [1.54, 1.807) is 0 Å². The maximum atomic E-state index is 11.8. The highest BCUT2D eigenvalue weighted by molar-refractivity contribution is 5.81. The van der Waals surface area contributed by atoms with Crippen LogP contribution < -0.4 is 0 Å². The van der Waals surface area contributed by atoms with Gasteiger partial charge in [0.05, 0.1) is 6.10 Å². The summed E-state index contributed by atoms with van der Waals surface area (Å²) in [4.78, 5) is 11.8. The average Bonchev–Trinajstić information content (AvgIpc) is 2.20. The third-order valence-corrected chi connectivity index (χ3v) is 3.66. The molecule has 94 valence electrons. The second kappa shape index (κ2) is 6.39. The molecule has 0 saturated heterocycles. The molecule has 2 atom stereocenters. The minimum Gasteiger partial charge on any atom is -0.379 e. The van der Waals surface area contributed by atoms with Crippen LogP contribution in [-0.2, 0) is 9.53 Å². The zero-order valence-corrected chi connectivity index (χ0v) is 11.2. The van der Waals surface area contributed by atoms with Gasteiger partial charge in [-0.1, -0.05) is 13.8 Å². The Balaban J connectivity index is 2.35. The van der Waals surface area contributed by atoms with Crippen molar-refractivity contribution >= 4 is 5.78 Å². The van der Waals surface area contributed by atoms with Gasteiger partial charge in [0.2, 0.25) is 0 Å². The normalized spacial score (nSPS) is 26.8. The molecule has 0 aromatic heterocycles. The summed E-state index contributed by atoms with van der Waals surface area (Å²) in [5.41, 5.74) is 0. The number of ether oxygens (including phenoxy) is 1. The van der Waals surface area contributed by atoms with Crippen LogP contribution in [0.15, 0.2) is 0 Å². The molecular formula is C14H26O2. The minimum absolute atomic E-state index is 0.264. The first-order chi connectivity index (χ1) is 7.50. The molecule has 0 radical (unpaired) electrons. The molecule has 16 heavy (non-hydrogen) atoms. The van der Waals surface area contributed by atoms with Crippen LogP contribution in [0.4, 0.5) is 0 Å². The van der Waals surface area contributed by atoms with Crippen molar-refractivity contribution in [2.75, 3.05) is 6.61 Å². The number of carbonyl (C=O) groups excluding carboxylic acids is 1. The summed E-state index contributed by atoms with van der Waals surface area (Å²) >= 11 is 0. The van der Waals surface area contributed by atoms with Crippen molar-refractivity contribution in [2.24, 2.45) is 17.8 Å². The summed E-state index contributed by atoms with van der Waals surface area (Å²) in [5, 5.41) is 0. The summed E-state index contributed by atoms with van der Waals surface area (Å²) in [7, 11) is 0. The van der Waals surface area contributed by atoms with E-state index in [0.717, 1.165) is 38.2 Å². The Labute approximate surface area is 99.8 Å². The van der Waals surface area contributed by atoms with Gasteiger partial charge in [0.15, 0.2) is 0 Å². The first-order valence-corrected chi connectivity index (χ1v) is 6.65. The van der Waals surface area contributed by atoms with Gasteiger partial charge in [-0.05, 0) is 44.9 Å². The van der Waals surface area contributed by atoms with E-state index < -0.39 is 0 Å². The molecule has 0 spiro atoms. The average molecular weight is 226 g/mol.